The summed E-state index contributed by atoms with van der Waals surface area (Å²) in [5, 5.41) is 5.40. The first-order valence-electron chi connectivity index (χ1n) is 8.10. The lowest BCUT2D eigenvalue weighted by atomic mass is 10.1. The zero-order chi connectivity index (χ0) is 18.3. The van der Waals surface area contributed by atoms with Gasteiger partial charge in [0, 0.05) is 24.7 Å². The van der Waals surface area contributed by atoms with Crippen LogP contribution in [-0.4, -0.2) is 40.1 Å². The average Bonchev–Trinajstić information content (AvgIpc) is 3.13. The molecule has 0 bridgehead atoms. The first-order valence-corrected chi connectivity index (χ1v) is 8.92. The van der Waals surface area contributed by atoms with Crippen molar-refractivity contribution in [2.45, 2.75) is 25.2 Å². The molecule has 0 aliphatic carbocycles. The van der Waals surface area contributed by atoms with Gasteiger partial charge < -0.3 is 15.4 Å². The number of benzene rings is 1. The molecular formula is C16H16F3N5OS. The molecule has 0 radical (unpaired) electrons. The number of alkyl halides is 3. The van der Waals surface area contributed by atoms with E-state index in [-0.39, 0.29) is 11.8 Å². The minimum atomic E-state index is -4.73. The second-order valence-corrected chi connectivity index (χ2v) is 7.08. The molecule has 0 amide bonds. The summed E-state index contributed by atoms with van der Waals surface area (Å²) in [5.41, 5.74) is 7.18. The Hall–Kier alpha value is -2.33. The number of hydrogen-bond donors (Lipinski definition) is 1. The number of piperidine rings is 1. The molecular weight excluding hydrogens is 367 g/mol. The van der Waals surface area contributed by atoms with E-state index in [1.807, 2.05) is 0 Å². The predicted molar refractivity (Wildman–Crippen MR) is 92.4 cm³/mol. The van der Waals surface area contributed by atoms with Crippen molar-refractivity contribution in [3.8, 4) is 17.0 Å². The molecule has 138 valence electrons. The minimum Gasteiger partial charge on any atom is -0.406 e. The van der Waals surface area contributed by atoms with Gasteiger partial charge in [-0.2, -0.15) is 0 Å². The van der Waals surface area contributed by atoms with Crippen LogP contribution in [0.5, 0.6) is 5.75 Å². The largest absolute Gasteiger partial charge is 0.573 e. The number of imidazole rings is 1. The van der Waals surface area contributed by atoms with Gasteiger partial charge in [0.05, 0.1) is 11.9 Å². The third kappa shape index (κ3) is 3.47. The molecule has 10 heteroatoms. The highest BCUT2D eigenvalue weighted by Gasteiger charge is 2.31. The van der Waals surface area contributed by atoms with Crippen LogP contribution in [0.25, 0.3) is 16.2 Å². The molecule has 26 heavy (non-hydrogen) atoms. The summed E-state index contributed by atoms with van der Waals surface area (Å²) >= 11 is 1.44. The lowest BCUT2D eigenvalue weighted by Crippen LogP contribution is -2.42. The highest BCUT2D eigenvalue weighted by atomic mass is 32.1. The maximum absolute atomic E-state index is 12.4. The van der Waals surface area contributed by atoms with Gasteiger partial charge in [0.1, 0.15) is 5.75 Å². The van der Waals surface area contributed by atoms with Gasteiger partial charge in [0.2, 0.25) is 10.1 Å². The first-order chi connectivity index (χ1) is 12.4. The number of halogens is 3. The molecule has 1 aliphatic rings. The zero-order valence-corrected chi connectivity index (χ0v) is 14.4. The molecule has 0 spiro atoms. The van der Waals surface area contributed by atoms with Crippen molar-refractivity contribution in [3.05, 3.63) is 30.5 Å². The van der Waals surface area contributed by atoms with Gasteiger partial charge in [0.25, 0.3) is 0 Å². The van der Waals surface area contributed by atoms with Gasteiger partial charge in [-0.15, -0.1) is 18.3 Å². The Morgan fingerprint density at radius 2 is 2.15 bits per heavy atom. The topological polar surface area (TPSA) is 68.7 Å². The summed E-state index contributed by atoms with van der Waals surface area (Å²) in [5.74, 6) is -0.276. The van der Waals surface area contributed by atoms with Crippen molar-refractivity contribution in [1.82, 2.24) is 14.6 Å². The maximum Gasteiger partial charge on any atom is 0.573 e. The van der Waals surface area contributed by atoms with Crippen molar-refractivity contribution in [2.75, 3.05) is 18.0 Å². The highest BCUT2D eigenvalue weighted by molar-refractivity contribution is 7.20. The number of anilines is 1. The van der Waals surface area contributed by atoms with Crippen LogP contribution in [-0.2, 0) is 0 Å². The van der Waals surface area contributed by atoms with Crippen molar-refractivity contribution < 1.29 is 17.9 Å². The summed E-state index contributed by atoms with van der Waals surface area (Å²) in [6.07, 6.45) is -1.13. The molecule has 2 N–H and O–H groups in total. The normalized spacial score (nSPS) is 18.5. The number of nitrogens with zero attached hydrogens (tertiary/aromatic N) is 4. The van der Waals surface area contributed by atoms with E-state index in [0.29, 0.717) is 16.2 Å². The predicted octanol–water partition coefficient (Wildman–Crippen LogP) is 3.28. The van der Waals surface area contributed by atoms with Crippen LogP contribution in [0.1, 0.15) is 12.8 Å². The number of aromatic nitrogens is 3. The Kier molecular flexibility index (Phi) is 4.23. The Bertz CT molecular complexity index is 922. The van der Waals surface area contributed by atoms with E-state index in [1.165, 1.54) is 29.5 Å². The van der Waals surface area contributed by atoms with Crippen LogP contribution in [0, 0.1) is 0 Å². The second kappa shape index (κ2) is 6.44. The van der Waals surface area contributed by atoms with Crippen molar-refractivity contribution in [1.29, 1.82) is 0 Å². The molecule has 1 unspecified atom stereocenters. The number of ether oxygens (including phenoxy) is 1. The van der Waals surface area contributed by atoms with E-state index in [9.17, 15) is 13.2 Å². The molecule has 6 nitrogen and oxygen atoms in total. The molecule has 1 atom stereocenters. The first kappa shape index (κ1) is 17.1. The van der Waals surface area contributed by atoms with Gasteiger partial charge in [-0.1, -0.05) is 23.5 Å². The van der Waals surface area contributed by atoms with Crippen molar-refractivity contribution in [2.24, 2.45) is 5.73 Å². The lowest BCUT2D eigenvalue weighted by Gasteiger charge is -2.29. The van der Waals surface area contributed by atoms with Crippen molar-refractivity contribution in [3.63, 3.8) is 0 Å². The average molecular weight is 383 g/mol. The van der Waals surface area contributed by atoms with Crippen LogP contribution in [0.3, 0.4) is 0 Å². The highest BCUT2D eigenvalue weighted by Crippen LogP contribution is 2.31. The zero-order valence-electron chi connectivity index (χ0n) is 13.6. The Morgan fingerprint density at radius 3 is 2.92 bits per heavy atom. The molecule has 1 fully saturated rings. The van der Waals surface area contributed by atoms with E-state index in [1.54, 1.807) is 16.8 Å². The molecule has 1 aliphatic heterocycles. The van der Waals surface area contributed by atoms with Gasteiger partial charge >= 0.3 is 6.36 Å². The molecule has 4 rings (SSSR count). The molecule has 1 saturated heterocycles. The summed E-state index contributed by atoms with van der Waals surface area (Å²) in [7, 11) is 0. The van der Waals surface area contributed by atoms with Gasteiger partial charge in [-0.25, -0.2) is 9.50 Å². The number of nitrogens with two attached hydrogens (primary N) is 1. The molecule has 3 heterocycles. The van der Waals surface area contributed by atoms with E-state index < -0.39 is 6.36 Å². The summed E-state index contributed by atoms with van der Waals surface area (Å²) < 4.78 is 43.0. The third-order valence-corrected chi connectivity index (χ3v) is 5.15. The lowest BCUT2D eigenvalue weighted by molar-refractivity contribution is -0.274. The Balaban J connectivity index is 1.66. The van der Waals surface area contributed by atoms with E-state index in [2.05, 4.69) is 19.7 Å². The SMILES string of the molecule is NC1CCCN(c2nn3c(-c4cccc(OC(F)(F)F)c4)cnc3s2)C1. The number of rotatable bonds is 3. The summed E-state index contributed by atoms with van der Waals surface area (Å²) in [4.78, 5) is 7.13. The summed E-state index contributed by atoms with van der Waals surface area (Å²) in [6, 6.07) is 5.91. The standard InChI is InChI=1S/C16H16F3N5OS/c17-16(18,19)25-12-5-1-3-10(7-12)13-8-21-14-24(13)22-15(26-14)23-6-2-4-11(20)9-23/h1,3,5,7-8,11H,2,4,6,9,20H2. The van der Waals surface area contributed by atoms with Crippen LogP contribution < -0.4 is 15.4 Å². The third-order valence-electron chi connectivity index (χ3n) is 4.17. The quantitative estimate of drug-likeness (QED) is 0.752. The molecule has 0 saturated carbocycles. The van der Waals surface area contributed by atoms with E-state index in [4.69, 9.17) is 5.73 Å². The van der Waals surface area contributed by atoms with E-state index in [0.717, 1.165) is 31.1 Å². The van der Waals surface area contributed by atoms with Gasteiger partial charge in [-0.05, 0) is 25.0 Å². The fraction of sp³-hybridized carbons (Fsp3) is 0.375. The minimum absolute atomic E-state index is 0.121. The van der Waals surface area contributed by atoms with Crippen LogP contribution in [0.15, 0.2) is 30.5 Å². The smallest absolute Gasteiger partial charge is 0.406 e. The fourth-order valence-corrected chi connectivity index (χ4v) is 3.96. The molecule has 1 aromatic carbocycles. The summed E-state index contributed by atoms with van der Waals surface area (Å²) in [6.45, 7) is 1.62. The second-order valence-electron chi connectivity index (χ2n) is 6.15. The van der Waals surface area contributed by atoms with Gasteiger partial charge in [-0.3, -0.25) is 0 Å². The molecule has 2 aromatic heterocycles. The maximum atomic E-state index is 12.4. The van der Waals surface area contributed by atoms with Crippen molar-refractivity contribution >= 4 is 21.4 Å². The number of hydrogen-bond acceptors (Lipinski definition) is 6. The van der Waals surface area contributed by atoms with Crippen LogP contribution in [0.2, 0.25) is 0 Å². The van der Waals surface area contributed by atoms with Crippen LogP contribution >= 0.6 is 11.3 Å². The Morgan fingerprint density at radius 1 is 1.31 bits per heavy atom. The Labute approximate surface area is 151 Å². The molecule has 3 aromatic rings. The fourth-order valence-electron chi connectivity index (χ4n) is 3.04. The van der Waals surface area contributed by atoms with Crippen LogP contribution in [0.4, 0.5) is 18.3 Å². The van der Waals surface area contributed by atoms with E-state index >= 15 is 0 Å². The number of fused-ring (bicyclic) bond motifs is 1. The monoisotopic (exact) mass is 383 g/mol. The van der Waals surface area contributed by atoms with Gasteiger partial charge in [0.15, 0.2) is 0 Å².